The third-order valence-electron chi connectivity index (χ3n) is 5.84. The largest absolute Gasteiger partial charge is 0.496 e. The van der Waals surface area contributed by atoms with Gasteiger partial charge in [0.2, 0.25) is 5.91 Å². The van der Waals surface area contributed by atoms with E-state index in [4.69, 9.17) is 19.3 Å². The molecule has 2 amide bonds. The van der Waals surface area contributed by atoms with Crippen LogP contribution in [0.1, 0.15) is 30.3 Å². The number of ether oxygens (including phenoxy) is 3. The molecule has 0 saturated carbocycles. The van der Waals surface area contributed by atoms with Crippen LogP contribution in [0.5, 0.6) is 17.2 Å². The summed E-state index contributed by atoms with van der Waals surface area (Å²) in [6.45, 7) is 1.49. The highest BCUT2D eigenvalue weighted by molar-refractivity contribution is 8.13. The molecule has 174 valence electrons. The van der Waals surface area contributed by atoms with E-state index >= 15 is 0 Å². The highest BCUT2D eigenvalue weighted by Gasteiger charge is 2.49. The first-order chi connectivity index (χ1) is 15.9. The number of carbonyl (C=O) groups is 2. The highest BCUT2D eigenvalue weighted by Crippen LogP contribution is 2.50. The average molecular weight is 471 g/mol. The molecule has 0 fully saturated rings. The van der Waals surface area contributed by atoms with Crippen molar-refractivity contribution < 1.29 is 23.8 Å². The van der Waals surface area contributed by atoms with E-state index in [1.807, 2.05) is 30.5 Å². The van der Waals surface area contributed by atoms with Crippen LogP contribution in [0.15, 0.2) is 41.5 Å². The summed E-state index contributed by atoms with van der Waals surface area (Å²) in [5, 5.41) is 7.03. The molecule has 2 aliphatic heterocycles. The first kappa shape index (κ1) is 22.8. The number of amides is 2. The van der Waals surface area contributed by atoms with Crippen LogP contribution in [-0.4, -0.2) is 61.5 Å². The fraction of sp³-hybridized carbons (Fsp3) is 0.348. The van der Waals surface area contributed by atoms with Gasteiger partial charge >= 0.3 is 0 Å². The molecule has 0 saturated heterocycles. The quantitative estimate of drug-likeness (QED) is 0.678. The van der Waals surface area contributed by atoms with E-state index in [9.17, 15) is 9.59 Å². The van der Waals surface area contributed by atoms with Gasteiger partial charge in [-0.1, -0.05) is 30.0 Å². The SMILES string of the molecule is COc1cc(OC)c([C@@H]2N(C(C)=O)c3ccccc3[C@H]3C(=O)N(C)C(SC)=NN32)cc1OC. The van der Waals surface area contributed by atoms with Gasteiger partial charge in [0.15, 0.2) is 28.9 Å². The van der Waals surface area contributed by atoms with Crippen LogP contribution < -0.4 is 19.1 Å². The van der Waals surface area contributed by atoms with Crippen LogP contribution in [0.2, 0.25) is 0 Å². The number of likely N-dealkylation sites (N-methyl/N-ethyl adjacent to an activating group) is 1. The van der Waals surface area contributed by atoms with Gasteiger partial charge in [-0.05, 0) is 18.4 Å². The monoisotopic (exact) mass is 470 g/mol. The number of hydrogen-bond donors (Lipinski definition) is 0. The smallest absolute Gasteiger partial charge is 0.257 e. The molecule has 2 heterocycles. The van der Waals surface area contributed by atoms with Gasteiger partial charge in [-0.25, -0.2) is 0 Å². The van der Waals surface area contributed by atoms with E-state index in [1.165, 1.54) is 18.7 Å². The van der Waals surface area contributed by atoms with Crippen LogP contribution in [0.3, 0.4) is 0 Å². The zero-order valence-corrected chi connectivity index (χ0v) is 20.2. The van der Waals surface area contributed by atoms with Crippen LogP contribution in [0.25, 0.3) is 0 Å². The molecule has 0 aromatic heterocycles. The summed E-state index contributed by atoms with van der Waals surface area (Å²) in [7, 11) is 6.34. The lowest BCUT2D eigenvalue weighted by Crippen LogP contribution is -2.55. The van der Waals surface area contributed by atoms with Crippen molar-refractivity contribution in [1.82, 2.24) is 9.91 Å². The Hall–Kier alpha value is -3.40. The number of benzene rings is 2. The predicted molar refractivity (Wildman–Crippen MR) is 127 cm³/mol. The lowest BCUT2D eigenvalue weighted by Gasteiger charge is -2.49. The molecule has 0 aliphatic carbocycles. The number of anilines is 1. The maximum atomic E-state index is 13.5. The molecule has 33 heavy (non-hydrogen) atoms. The lowest BCUT2D eigenvalue weighted by molar-refractivity contribution is -0.136. The molecular weight excluding hydrogens is 444 g/mol. The van der Waals surface area contributed by atoms with E-state index in [0.717, 1.165) is 0 Å². The van der Waals surface area contributed by atoms with Crippen molar-refractivity contribution in [3.05, 3.63) is 47.5 Å². The maximum absolute atomic E-state index is 13.5. The van der Waals surface area contributed by atoms with Gasteiger partial charge in [-0.3, -0.25) is 24.4 Å². The molecule has 2 aromatic rings. The first-order valence-corrected chi connectivity index (χ1v) is 11.5. The summed E-state index contributed by atoms with van der Waals surface area (Å²) in [5.41, 5.74) is 1.98. The van der Waals surface area contributed by atoms with Crippen LogP contribution in [0.4, 0.5) is 5.69 Å². The molecule has 0 radical (unpaired) electrons. The molecule has 0 bridgehead atoms. The second-order valence-electron chi connectivity index (χ2n) is 7.54. The van der Waals surface area contributed by atoms with Crippen molar-refractivity contribution in [3.8, 4) is 17.2 Å². The van der Waals surface area contributed by atoms with Crippen LogP contribution in [0, 0.1) is 0 Å². The second-order valence-corrected chi connectivity index (χ2v) is 8.31. The normalized spacial score (nSPS) is 19.5. The molecule has 0 spiro atoms. The maximum Gasteiger partial charge on any atom is 0.257 e. The van der Waals surface area contributed by atoms with E-state index in [0.29, 0.717) is 39.2 Å². The zero-order valence-electron chi connectivity index (χ0n) is 19.4. The average Bonchev–Trinajstić information content (AvgIpc) is 2.83. The fourth-order valence-corrected chi connectivity index (χ4v) is 4.87. The number of carbonyl (C=O) groups excluding carboxylic acids is 2. The van der Waals surface area contributed by atoms with E-state index in [-0.39, 0.29) is 11.8 Å². The Morgan fingerprint density at radius 2 is 1.64 bits per heavy atom. The van der Waals surface area contributed by atoms with Gasteiger partial charge in [0.25, 0.3) is 5.91 Å². The number of fused-ring (bicyclic) bond motifs is 3. The minimum Gasteiger partial charge on any atom is -0.496 e. The van der Waals surface area contributed by atoms with Crippen LogP contribution >= 0.6 is 11.8 Å². The van der Waals surface area contributed by atoms with Gasteiger partial charge in [-0.15, -0.1) is 5.10 Å². The number of amidine groups is 1. The molecule has 2 atom stereocenters. The van der Waals surface area contributed by atoms with Gasteiger partial charge in [-0.2, -0.15) is 0 Å². The summed E-state index contributed by atoms with van der Waals surface area (Å²) in [6, 6.07) is 10.2. The standard InChI is InChI=1S/C23H26N4O5S/c1-13(28)26-16-10-8-7-9-14(16)20-22(29)25(2)23(33-6)24-27(20)21(26)15-11-18(31-4)19(32-5)12-17(15)30-3/h7-12,20-21H,1-6H3/t20-,21+/m0/s1. The fourth-order valence-electron chi connectivity index (χ4n) is 4.33. The number of nitrogens with zero attached hydrogens (tertiary/aromatic N) is 4. The van der Waals surface area contributed by atoms with Gasteiger partial charge in [0.1, 0.15) is 5.75 Å². The summed E-state index contributed by atoms with van der Waals surface area (Å²) < 4.78 is 16.7. The number of hydrazone groups is 1. The summed E-state index contributed by atoms with van der Waals surface area (Å²) >= 11 is 1.36. The summed E-state index contributed by atoms with van der Waals surface area (Å²) in [5.74, 6) is 1.11. The van der Waals surface area contributed by atoms with Gasteiger partial charge in [0, 0.05) is 31.2 Å². The van der Waals surface area contributed by atoms with Gasteiger partial charge in [0.05, 0.1) is 27.0 Å². The molecule has 2 aromatic carbocycles. The van der Waals surface area contributed by atoms with Gasteiger partial charge < -0.3 is 14.2 Å². The van der Waals surface area contributed by atoms with E-state index in [1.54, 1.807) is 55.3 Å². The summed E-state index contributed by atoms with van der Waals surface area (Å²) in [4.78, 5) is 29.8. The Kier molecular flexibility index (Phi) is 6.11. The number of rotatable bonds is 4. The molecule has 4 rings (SSSR count). The Bertz CT molecular complexity index is 1140. The van der Waals surface area contributed by atoms with Crippen molar-refractivity contribution in [1.29, 1.82) is 0 Å². The minimum absolute atomic E-state index is 0.130. The Morgan fingerprint density at radius 3 is 2.24 bits per heavy atom. The van der Waals surface area contributed by atoms with Crippen LogP contribution in [-0.2, 0) is 9.59 Å². The minimum atomic E-state index is -0.753. The summed E-state index contributed by atoms with van der Waals surface area (Å²) in [6.07, 6.45) is 1.10. The lowest BCUT2D eigenvalue weighted by atomic mass is 9.94. The Labute approximate surface area is 196 Å². The van der Waals surface area contributed by atoms with E-state index < -0.39 is 12.2 Å². The molecule has 9 nitrogen and oxygen atoms in total. The molecule has 0 N–H and O–H groups in total. The Morgan fingerprint density at radius 1 is 1.00 bits per heavy atom. The van der Waals surface area contributed by atoms with Crippen molar-refractivity contribution >= 4 is 34.4 Å². The van der Waals surface area contributed by atoms with Crippen molar-refractivity contribution in [2.24, 2.45) is 5.10 Å². The number of methoxy groups -OCH3 is 3. The highest BCUT2D eigenvalue weighted by atomic mass is 32.2. The number of thioether (sulfide) groups is 1. The second kappa shape index (κ2) is 8.86. The molecule has 0 unspecified atom stereocenters. The number of hydrogen-bond acceptors (Lipinski definition) is 8. The first-order valence-electron chi connectivity index (χ1n) is 10.2. The topological polar surface area (TPSA) is 83.9 Å². The van der Waals surface area contributed by atoms with Crippen molar-refractivity contribution in [3.63, 3.8) is 0 Å². The van der Waals surface area contributed by atoms with Crippen molar-refractivity contribution in [2.75, 3.05) is 39.5 Å². The van der Waals surface area contributed by atoms with E-state index in [2.05, 4.69) is 0 Å². The third kappa shape index (κ3) is 3.54. The third-order valence-corrected chi connectivity index (χ3v) is 6.56. The Balaban J connectivity index is 2.05. The molecular formula is C23H26N4O5S. The van der Waals surface area contributed by atoms with Crippen molar-refractivity contribution in [2.45, 2.75) is 19.1 Å². The number of para-hydroxylation sites is 1. The predicted octanol–water partition coefficient (Wildman–Crippen LogP) is 3.23. The zero-order chi connectivity index (χ0) is 23.9. The molecule has 2 aliphatic rings. The molecule has 10 heteroatoms.